The van der Waals surface area contributed by atoms with Gasteiger partial charge in [0, 0.05) is 24.0 Å². The summed E-state index contributed by atoms with van der Waals surface area (Å²) in [6.07, 6.45) is 5.09. The number of carbonyl (C=O) groups is 1. The highest BCUT2D eigenvalue weighted by Crippen LogP contribution is 2.30. The van der Waals surface area contributed by atoms with Crippen LogP contribution < -0.4 is 0 Å². The van der Waals surface area contributed by atoms with E-state index in [0.29, 0.717) is 11.4 Å². The van der Waals surface area contributed by atoms with Crippen molar-refractivity contribution in [3.8, 4) is 10.6 Å². The van der Waals surface area contributed by atoms with E-state index in [0.717, 1.165) is 42.2 Å². The summed E-state index contributed by atoms with van der Waals surface area (Å²) >= 11 is 7.75. The molecule has 3 nitrogen and oxygen atoms in total. The maximum Gasteiger partial charge on any atom is 0.228 e. The number of halogens is 1. The monoisotopic (exact) mass is 334 g/mol. The molecule has 0 radical (unpaired) electrons. The zero-order valence-electron chi connectivity index (χ0n) is 12.4. The molecule has 1 aromatic carbocycles. The Balaban J connectivity index is 1.69. The number of amides is 1. The van der Waals surface area contributed by atoms with Crippen molar-refractivity contribution in [2.24, 2.45) is 0 Å². The van der Waals surface area contributed by atoms with Gasteiger partial charge in [-0.3, -0.25) is 4.79 Å². The van der Waals surface area contributed by atoms with E-state index in [1.807, 2.05) is 34.5 Å². The van der Waals surface area contributed by atoms with E-state index >= 15 is 0 Å². The molecule has 0 spiro atoms. The largest absolute Gasteiger partial charge is 0.342 e. The molecule has 0 atom stereocenters. The van der Waals surface area contributed by atoms with Gasteiger partial charge in [-0.15, -0.1) is 11.3 Å². The standard InChI is InChI=1S/C17H19ClN2OS/c18-15-8-4-3-7-14(15)17-19-13(12-22-17)11-16(21)20-9-5-1-2-6-10-20/h3-4,7-8,12H,1-2,5-6,9-11H2. The highest BCUT2D eigenvalue weighted by Gasteiger charge is 2.17. The molecule has 0 unspecified atom stereocenters. The highest BCUT2D eigenvalue weighted by atomic mass is 35.5. The van der Waals surface area contributed by atoms with Crippen molar-refractivity contribution in [2.45, 2.75) is 32.1 Å². The summed E-state index contributed by atoms with van der Waals surface area (Å²) in [5, 5.41) is 3.54. The van der Waals surface area contributed by atoms with Gasteiger partial charge in [0.2, 0.25) is 5.91 Å². The van der Waals surface area contributed by atoms with Crippen LogP contribution in [0.5, 0.6) is 0 Å². The molecule has 3 rings (SSSR count). The number of aromatic nitrogens is 1. The van der Waals surface area contributed by atoms with Crippen LogP contribution in [0.25, 0.3) is 10.6 Å². The molecule has 0 N–H and O–H groups in total. The minimum absolute atomic E-state index is 0.193. The predicted molar refractivity (Wildman–Crippen MR) is 91.3 cm³/mol. The molecule has 2 heterocycles. The lowest BCUT2D eigenvalue weighted by Crippen LogP contribution is -2.33. The first-order chi connectivity index (χ1) is 10.7. The summed E-state index contributed by atoms with van der Waals surface area (Å²) in [7, 11) is 0. The summed E-state index contributed by atoms with van der Waals surface area (Å²) in [6.45, 7) is 1.78. The molecule has 1 aromatic heterocycles. The topological polar surface area (TPSA) is 33.2 Å². The van der Waals surface area contributed by atoms with E-state index in [1.54, 1.807) is 11.3 Å². The van der Waals surface area contributed by atoms with Crippen molar-refractivity contribution < 1.29 is 4.79 Å². The summed E-state index contributed by atoms with van der Waals surface area (Å²) in [5.41, 5.74) is 1.77. The third-order valence-electron chi connectivity index (χ3n) is 3.95. The average molecular weight is 335 g/mol. The molecule has 1 saturated heterocycles. The number of hydrogen-bond donors (Lipinski definition) is 0. The molecule has 0 saturated carbocycles. The zero-order chi connectivity index (χ0) is 15.4. The molecule has 1 fully saturated rings. The van der Waals surface area contributed by atoms with Crippen molar-refractivity contribution in [2.75, 3.05) is 13.1 Å². The third-order valence-corrected chi connectivity index (χ3v) is 5.20. The molecular weight excluding hydrogens is 316 g/mol. The van der Waals surface area contributed by atoms with E-state index < -0.39 is 0 Å². The Bertz CT molecular complexity index is 648. The first kappa shape index (κ1) is 15.5. The highest BCUT2D eigenvalue weighted by molar-refractivity contribution is 7.13. The molecule has 2 aromatic rings. The van der Waals surface area contributed by atoms with E-state index in [1.165, 1.54) is 12.8 Å². The summed E-state index contributed by atoms with van der Waals surface area (Å²) in [5.74, 6) is 0.193. The Labute approximate surface area is 139 Å². The normalized spacial score (nSPS) is 15.6. The smallest absolute Gasteiger partial charge is 0.228 e. The van der Waals surface area contributed by atoms with Crippen molar-refractivity contribution in [1.82, 2.24) is 9.88 Å². The lowest BCUT2D eigenvalue weighted by Gasteiger charge is -2.19. The van der Waals surface area contributed by atoms with Crippen LogP contribution in [-0.2, 0) is 11.2 Å². The Morgan fingerprint density at radius 3 is 2.64 bits per heavy atom. The minimum atomic E-state index is 0.193. The molecule has 0 aliphatic carbocycles. The van der Waals surface area contributed by atoms with Crippen molar-refractivity contribution in [3.05, 3.63) is 40.4 Å². The number of hydrogen-bond acceptors (Lipinski definition) is 3. The van der Waals surface area contributed by atoms with Gasteiger partial charge < -0.3 is 4.90 Å². The lowest BCUT2D eigenvalue weighted by atomic mass is 10.2. The van der Waals surface area contributed by atoms with E-state index in [9.17, 15) is 4.79 Å². The Morgan fingerprint density at radius 2 is 1.91 bits per heavy atom. The molecule has 5 heteroatoms. The Kier molecular flexibility index (Phi) is 5.11. The predicted octanol–water partition coefficient (Wildman–Crippen LogP) is 4.41. The van der Waals surface area contributed by atoms with Gasteiger partial charge in [0.15, 0.2) is 0 Å². The number of nitrogens with zero attached hydrogens (tertiary/aromatic N) is 2. The first-order valence-electron chi connectivity index (χ1n) is 7.71. The number of carbonyl (C=O) groups excluding carboxylic acids is 1. The number of rotatable bonds is 3. The van der Waals surface area contributed by atoms with E-state index in [4.69, 9.17) is 11.6 Å². The Morgan fingerprint density at radius 1 is 1.18 bits per heavy atom. The maximum atomic E-state index is 12.4. The molecule has 1 amide bonds. The van der Waals surface area contributed by atoms with Crippen molar-refractivity contribution >= 4 is 28.8 Å². The van der Waals surface area contributed by atoms with Crippen molar-refractivity contribution in [1.29, 1.82) is 0 Å². The number of thiazole rings is 1. The number of benzene rings is 1. The van der Waals surface area contributed by atoms with Gasteiger partial charge in [-0.2, -0.15) is 0 Å². The van der Waals surface area contributed by atoms with Gasteiger partial charge in [-0.25, -0.2) is 4.98 Å². The van der Waals surface area contributed by atoms with Crippen LogP contribution in [0.4, 0.5) is 0 Å². The molecule has 1 aliphatic heterocycles. The second kappa shape index (κ2) is 7.25. The molecule has 22 heavy (non-hydrogen) atoms. The van der Waals surface area contributed by atoms with Crippen LogP contribution in [0.2, 0.25) is 5.02 Å². The van der Waals surface area contributed by atoms with Crippen LogP contribution in [-0.4, -0.2) is 28.9 Å². The van der Waals surface area contributed by atoms with Gasteiger partial charge in [-0.1, -0.05) is 42.6 Å². The lowest BCUT2D eigenvalue weighted by molar-refractivity contribution is -0.130. The number of likely N-dealkylation sites (tertiary alicyclic amines) is 1. The van der Waals surface area contributed by atoms with Crippen LogP contribution >= 0.6 is 22.9 Å². The fourth-order valence-corrected chi connectivity index (χ4v) is 3.87. The van der Waals surface area contributed by atoms with Crippen molar-refractivity contribution in [3.63, 3.8) is 0 Å². The SMILES string of the molecule is O=C(Cc1csc(-c2ccccc2Cl)n1)N1CCCCCC1. The molecule has 116 valence electrons. The summed E-state index contributed by atoms with van der Waals surface area (Å²) in [4.78, 5) is 19.0. The molecular formula is C17H19ClN2OS. The minimum Gasteiger partial charge on any atom is -0.342 e. The van der Waals surface area contributed by atoms with E-state index in [-0.39, 0.29) is 5.91 Å². The summed E-state index contributed by atoms with van der Waals surface area (Å²) < 4.78 is 0. The van der Waals surface area contributed by atoms with Crippen LogP contribution in [0, 0.1) is 0 Å². The van der Waals surface area contributed by atoms with Crippen LogP contribution in [0.15, 0.2) is 29.6 Å². The maximum absolute atomic E-state index is 12.4. The van der Waals surface area contributed by atoms with Gasteiger partial charge in [0.05, 0.1) is 17.1 Å². The first-order valence-corrected chi connectivity index (χ1v) is 8.97. The summed E-state index contributed by atoms with van der Waals surface area (Å²) in [6, 6.07) is 7.68. The van der Waals surface area contributed by atoms with Gasteiger partial charge in [0.1, 0.15) is 5.01 Å². The molecule has 0 bridgehead atoms. The van der Waals surface area contributed by atoms with E-state index in [2.05, 4.69) is 4.98 Å². The molecule has 1 aliphatic rings. The Hall–Kier alpha value is -1.39. The second-order valence-electron chi connectivity index (χ2n) is 5.60. The van der Waals surface area contributed by atoms with Gasteiger partial charge in [-0.05, 0) is 18.9 Å². The fraction of sp³-hybridized carbons (Fsp3) is 0.412. The third kappa shape index (κ3) is 3.68. The van der Waals surface area contributed by atoms with Gasteiger partial charge >= 0.3 is 0 Å². The van der Waals surface area contributed by atoms with Crippen LogP contribution in [0.3, 0.4) is 0 Å². The zero-order valence-corrected chi connectivity index (χ0v) is 14.0. The quantitative estimate of drug-likeness (QED) is 0.833. The second-order valence-corrected chi connectivity index (χ2v) is 6.86. The van der Waals surface area contributed by atoms with Gasteiger partial charge in [0.25, 0.3) is 0 Å². The van der Waals surface area contributed by atoms with Crippen LogP contribution in [0.1, 0.15) is 31.4 Å². The average Bonchev–Trinajstić information content (AvgIpc) is 2.81. The fourth-order valence-electron chi connectivity index (χ4n) is 2.73.